The molecular weight excluding hydrogens is 197 g/mol. The molecule has 1 N–H and O–H groups in total. The van der Waals surface area contributed by atoms with Crippen LogP contribution < -0.4 is 0 Å². The van der Waals surface area contributed by atoms with Gasteiger partial charge in [0.2, 0.25) is 5.67 Å². The van der Waals surface area contributed by atoms with Crippen molar-refractivity contribution in [2.45, 2.75) is 12.6 Å². The van der Waals surface area contributed by atoms with Crippen molar-refractivity contribution in [3.05, 3.63) is 35.4 Å². The van der Waals surface area contributed by atoms with Crippen LogP contribution in [0.1, 0.15) is 12.5 Å². The molecule has 0 aliphatic carbocycles. The molecule has 0 amide bonds. The first-order valence-electron chi connectivity index (χ1n) is 3.73. The van der Waals surface area contributed by atoms with Crippen LogP contribution in [0.25, 0.3) is 0 Å². The van der Waals surface area contributed by atoms with E-state index in [1.807, 2.05) is 0 Å². The second-order valence-electron chi connectivity index (χ2n) is 2.93. The number of carboxylic acid groups (broad SMARTS) is 1. The largest absolute Gasteiger partial charge is 0.479 e. The highest BCUT2D eigenvalue weighted by molar-refractivity contribution is 5.78. The summed E-state index contributed by atoms with van der Waals surface area (Å²) in [7, 11) is 0. The summed E-state index contributed by atoms with van der Waals surface area (Å²) in [6.45, 7) is 0.660. The minimum atomic E-state index is -2.92. The number of alkyl halides is 1. The van der Waals surface area contributed by atoms with Gasteiger partial charge in [-0.1, -0.05) is 0 Å². The van der Waals surface area contributed by atoms with Gasteiger partial charge in [0.1, 0.15) is 11.6 Å². The standard InChI is InChI=1S/C9H7F3O2/c1-9(12,8(13)14)6-4-5(10)2-3-7(6)11/h2-4H,1H3,(H,13,14). The Morgan fingerprint density at radius 3 is 2.50 bits per heavy atom. The molecule has 0 heterocycles. The average molecular weight is 204 g/mol. The summed E-state index contributed by atoms with van der Waals surface area (Å²) in [5.74, 6) is -3.83. The molecule has 0 radical (unpaired) electrons. The summed E-state index contributed by atoms with van der Waals surface area (Å²) in [4.78, 5) is 10.4. The van der Waals surface area contributed by atoms with Gasteiger partial charge in [0.05, 0.1) is 0 Å². The lowest BCUT2D eigenvalue weighted by atomic mass is 9.97. The number of halogens is 3. The van der Waals surface area contributed by atoms with E-state index in [4.69, 9.17) is 5.11 Å². The lowest BCUT2D eigenvalue weighted by molar-refractivity contribution is -0.150. The third-order valence-corrected chi connectivity index (χ3v) is 1.84. The minimum absolute atomic E-state index is 0.531. The summed E-state index contributed by atoms with van der Waals surface area (Å²) in [5, 5.41) is 8.45. The summed E-state index contributed by atoms with van der Waals surface area (Å²) >= 11 is 0. The van der Waals surface area contributed by atoms with E-state index in [9.17, 15) is 18.0 Å². The Balaban J connectivity index is 3.31. The molecule has 0 aromatic heterocycles. The van der Waals surface area contributed by atoms with Gasteiger partial charge in [-0.15, -0.1) is 0 Å². The predicted molar refractivity (Wildman–Crippen MR) is 42.5 cm³/mol. The number of hydrogen-bond acceptors (Lipinski definition) is 1. The van der Waals surface area contributed by atoms with Crippen molar-refractivity contribution in [2.24, 2.45) is 0 Å². The number of hydrogen-bond donors (Lipinski definition) is 1. The van der Waals surface area contributed by atoms with Gasteiger partial charge in [0.25, 0.3) is 0 Å². The molecule has 1 atom stereocenters. The average Bonchev–Trinajstić information content (AvgIpc) is 2.08. The number of carboxylic acids is 1. The molecule has 0 aliphatic heterocycles. The van der Waals surface area contributed by atoms with Gasteiger partial charge in [-0.25, -0.2) is 18.0 Å². The van der Waals surface area contributed by atoms with E-state index in [1.165, 1.54) is 0 Å². The fourth-order valence-electron chi connectivity index (χ4n) is 0.972. The Bertz CT molecular complexity index is 374. The molecular formula is C9H7F3O2. The maximum Gasteiger partial charge on any atom is 0.346 e. The molecule has 0 bridgehead atoms. The molecule has 5 heteroatoms. The molecule has 76 valence electrons. The van der Waals surface area contributed by atoms with Crippen LogP contribution in [0.2, 0.25) is 0 Å². The monoisotopic (exact) mass is 204 g/mol. The second kappa shape index (κ2) is 3.32. The Morgan fingerprint density at radius 2 is 2.00 bits per heavy atom. The number of aliphatic carboxylic acids is 1. The van der Waals surface area contributed by atoms with Crippen LogP contribution in [0.3, 0.4) is 0 Å². The van der Waals surface area contributed by atoms with E-state index in [0.717, 1.165) is 6.07 Å². The van der Waals surface area contributed by atoms with Crippen LogP contribution in [-0.4, -0.2) is 11.1 Å². The first kappa shape index (κ1) is 10.6. The third kappa shape index (κ3) is 1.71. The van der Waals surface area contributed by atoms with Crippen molar-refractivity contribution in [1.82, 2.24) is 0 Å². The van der Waals surface area contributed by atoms with Crippen LogP contribution in [0, 0.1) is 11.6 Å². The quantitative estimate of drug-likeness (QED) is 0.802. The number of rotatable bonds is 2. The highest BCUT2D eigenvalue weighted by atomic mass is 19.2. The maximum absolute atomic E-state index is 13.4. The van der Waals surface area contributed by atoms with Gasteiger partial charge in [-0.3, -0.25) is 0 Å². The summed E-state index contributed by atoms with van der Waals surface area (Å²) < 4.78 is 39.0. The zero-order valence-corrected chi connectivity index (χ0v) is 7.22. The first-order chi connectivity index (χ1) is 6.35. The van der Waals surface area contributed by atoms with Gasteiger partial charge in [-0.2, -0.15) is 0 Å². The Hall–Kier alpha value is -1.52. The molecule has 0 aliphatic rings. The van der Waals surface area contributed by atoms with E-state index in [0.29, 0.717) is 19.1 Å². The fraction of sp³-hybridized carbons (Fsp3) is 0.222. The smallest absolute Gasteiger partial charge is 0.346 e. The molecule has 14 heavy (non-hydrogen) atoms. The van der Waals surface area contributed by atoms with Crippen molar-refractivity contribution >= 4 is 5.97 Å². The van der Waals surface area contributed by atoms with Crippen molar-refractivity contribution in [2.75, 3.05) is 0 Å². The summed E-state index contributed by atoms with van der Waals surface area (Å²) in [5.41, 5.74) is -3.74. The highest BCUT2D eigenvalue weighted by Crippen LogP contribution is 2.28. The molecule has 0 fully saturated rings. The topological polar surface area (TPSA) is 37.3 Å². The lowest BCUT2D eigenvalue weighted by Gasteiger charge is -2.15. The van der Waals surface area contributed by atoms with Gasteiger partial charge in [0, 0.05) is 5.56 Å². The van der Waals surface area contributed by atoms with Gasteiger partial charge >= 0.3 is 5.97 Å². The predicted octanol–water partition coefficient (Wildman–Crippen LogP) is 2.23. The molecule has 2 nitrogen and oxygen atoms in total. The molecule has 1 unspecified atom stereocenters. The SMILES string of the molecule is CC(F)(C(=O)O)c1cc(F)ccc1F. The van der Waals surface area contributed by atoms with Crippen LogP contribution >= 0.6 is 0 Å². The first-order valence-corrected chi connectivity index (χ1v) is 3.73. The van der Waals surface area contributed by atoms with Crippen molar-refractivity contribution in [1.29, 1.82) is 0 Å². The van der Waals surface area contributed by atoms with Crippen molar-refractivity contribution in [3.63, 3.8) is 0 Å². The van der Waals surface area contributed by atoms with Crippen LogP contribution in [0.15, 0.2) is 18.2 Å². The molecule has 0 spiro atoms. The fourth-order valence-corrected chi connectivity index (χ4v) is 0.972. The van der Waals surface area contributed by atoms with E-state index in [-0.39, 0.29) is 0 Å². The Morgan fingerprint density at radius 1 is 1.43 bits per heavy atom. The van der Waals surface area contributed by atoms with Crippen LogP contribution in [-0.2, 0) is 10.5 Å². The molecule has 0 saturated carbocycles. The normalized spacial score (nSPS) is 14.9. The zero-order valence-electron chi connectivity index (χ0n) is 7.22. The minimum Gasteiger partial charge on any atom is -0.479 e. The van der Waals surface area contributed by atoms with E-state index >= 15 is 0 Å². The Labute approximate surface area is 78.0 Å². The summed E-state index contributed by atoms with van der Waals surface area (Å²) in [6.07, 6.45) is 0. The van der Waals surface area contributed by atoms with Crippen molar-refractivity contribution < 1.29 is 23.1 Å². The Kier molecular flexibility index (Phi) is 2.51. The maximum atomic E-state index is 13.4. The van der Waals surface area contributed by atoms with Crippen molar-refractivity contribution in [3.8, 4) is 0 Å². The number of benzene rings is 1. The van der Waals surface area contributed by atoms with E-state index < -0.39 is 28.8 Å². The number of carbonyl (C=O) groups is 1. The van der Waals surface area contributed by atoms with E-state index in [1.54, 1.807) is 0 Å². The molecule has 0 saturated heterocycles. The highest BCUT2D eigenvalue weighted by Gasteiger charge is 2.37. The molecule has 1 aromatic rings. The zero-order chi connectivity index (χ0) is 10.9. The summed E-state index contributed by atoms with van der Waals surface area (Å²) in [6, 6.07) is 2.01. The van der Waals surface area contributed by atoms with Gasteiger partial charge < -0.3 is 5.11 Å². The van der Waals surface area contributed by atoms with Gasteiger partial charge in [-0.05, 0) is 25.1 Å². The molecule has 1 rings (SSSR count). The van der Waals surface area contributed by atoms with E-state index in [2.05, 4.69) is 0 Å². The van der Waals surface area contributed by atoms with Crippen LogP contribution in [0.5, 0.6) is 0 Å². The third-order valence-electron chi connectivity index (χ3n) is 1.84. The second-order valence-corrected chi connectivity index (χ2v) is 2.93. The lowest BCUT2D eigenvalue weighted by Crippen LogP contribution is -2.28. The van der Waals surface area contributed by atoms with Gasteiger partial charge in [0.15, 0.2) is 0 Å². The van der Waals surface area contributed by atoms with Crippen LogP contribution in [0.4, 0.5) is 13.2 Å². The molecule has 1 aromatic carbocycles.